The van der Waals surface area contributed by atoms with Crippen LogP contribution in [0.5, 0.6) is 5.75 Å². The van der Waals surface area contributed by atoms with Crippen molar-refractivity contribution >= 4 is 35.1 Å². The molecule has 0 bridgehead atoms. The number of amides is 1. The number of carbonyl (C=O) groups is 2. The lowest BCUT2D eigenvalue weighted by molar-refractivity contribution is -0.146. The summed E-state index contributed by atoms with van der Waals surface area (Å²) in [5.41, 5.74) is 0.419. The van der Waals surface area contributed by atoms with Gasteiger partial charge in [-0.25, -0.2) is 0 Å². The van der Waals surface area contributed by atoms with Gasteiger partial charge >= 0.3 is 0 Å². The van der Waals surface area contributed by atoms with Crippen LogP contribution in [0.25, 0.3) is 5.69 Å². The minimum absolute atomic E-state index is 0.0277. The molecule has 1 atom stereocenters. The number of thioether (sulfide) groups is 1. The lowest BCUT2D eigenvalue weighted by atomic mass is 9.74. The molecule has 0 radical (unpaired) electrons. The first-order chi connectivity index (χ1) is 16.0. The fraction of sp³-hybridized carbons (Fsp3) is 0.333. The quantitative estimate of drug-likeness (QED) is 0.459. The highest BCUT2D eigenvalue weighted by Crippen LogP contribution is 2.42. The van der Waals surface area contributed by atoms with Gasteiger partial charge in [0.2, 0.25) is 5.91 Å². The number of rotatable bonds is 7. The number of ether oxygens (including phenoxy) is 1. The average molecular weight is 485 g/mol. The number of nitrogens with zero attached hydrogens (tertiary/aromatic N) is 4. The Kier molecular flexibility index (Phi) is 7.05. The highest BCUT2D eigenvalue weighted by atomic mass is 35.5. The van der Waals surface area contributed by atoms with Gasteiger partial charge in [0, 0.05) is 24.1 Å². The Morgan fingerprint density at radius 3 is 2.73 bits per heavy atom. The van der Waals surface area contributed by atoms with Gasteiger partial charge in [0.05, 0.1) is 18.6 Å². The third-order valence-electron chi connectivity index (χ3n) is 6.11. The second-order valence-corrected chi connectivity index (χ2v) is 9.22. The molecule has 0 N–H and O–H groups in total. The Morgan fingerprint density at radius 1 is 1.21 bits per heavy atom. The van der Waals surface area contributed by atoms with Crippen molar-refractivity contribution in [3.63, 3.8) is 0 Å². The number of hydrogen-bond acceptors (Lipinski definition) is 6. The molecule has 1 aliphatic carbocycles. The summed E-state index contributed by atoms with van der Waals surface area (Å²) in [7, 11) is 3.30. The first-order valence-electron chi connectivity index (χ1n) is 10.7. The molecule has 172 valence electrons. The van der Waals surface area contributed by atoms with E-state index in [9.17, 15) is 9.59 Å². The third-order valence-corrected chi connectivity index (χ3v) is 7.36. The number of methoxy groups -OCH3 is 1. The zero-order valence-electron chi connectivity index (χ0n) is 18.5. The molecule has 9 heteroatoms. The monoisotopic (exact) mass is 484 g/mol. The van der Waals surface area contributed by atoms with Crippen LogP contribution >= 0.6 is 23.4 Å². The molecule has 3 aromatic rings. The molecule has 33 heavy (non-hydrogen) atoms. The van der Waals surface area contributed by atoms with Gasteiger partial charge in [0.1, 0.15) is 17.6 Å². The van der Waals surface area contributed by atoms with Gasteiger partial charge in [0.25, 0.3) is 0 Å². The minimum Gasteiger partial charge on any atom is -0.495 e. The van der Waals surface area contributed by atoms with Gasteiger partial charge in [-0.2, -0.15) is 0 Å². The molecule has 7 nitrogen and oxygen atoms in total. The fourth-order valence-electron chi connectivity index (χ4n) is 4.38. The van der Waals surface area contributed by atoms with E-state index < -0.39 is 5.54 Å². The molecule has 1 heterocycles. The lowest BCUT2D eigenvalue weighted by Gasteiger charge is -2.44. The van der Waals surface area contributed by atoms with Crippen molar-refractivity contribution in [3.05, 3.63) is 65.4 Å². The van der Waals surface area contributed by atoms with Gasteiger partial charge in [-0.3, -0.25) is 14.2 Å². The van der Waals surface area contributed by atoms with Crippen molar-refractivity contribution in [1.29, 1.82) is 0 Å². The fourth-order valence-corrected chi connectivity index (χ4v) is 5.51. The summed E-state index contributed by atoms with van der Waals surface area (Å²) in [5.74, 6) is 0.627. The Morgan fingerprint density at radius 2 is 1.97 bits per heavy atom. The summed E-state index contributed by atoms with van der Waals surface area (Å²) in [5, 5.41) is 9.24. The zero-order valence-corrected chi connectivity index (χ0v) is 20.1. The Bertz CT molecular complexity index is 1170. The van der Waals surface area contributed by atoms with Gasteiger partial charge in [0.15, 0.2) is 10.9 Å². The van der Waals surface area contributed by atoms with E-state index >= 15 is 0 Å². The van der Waals surface area contributed by atoms with E-state index in [4.69, 9.17) is 16.3 Å². The molecular weight excluding hydrogens is 460 g/mol. The maximum absolute atomic E-state index is 13.4. The Balaban J connectivity index is 1.58. The SMILES string of the molecule is COc1ccccc1-n1cnnc1SCC(=O)N(C)[C@]1(c2ccccc2Cl)CCCCC1=O. The number of para-hydroxylation sites is 2. The number of ketones is 1. The lowest BCUT2D eigenvalue weighted by Crippen LogP contribution is -2.54. The van der Waals surface area contributed by atoms with Gasteiger partial charge < -0.3 is 9.64 Å². The van der Waals surface area contributed by atoms with Crippen LogP contribution in [0.3, 0.4) is 0 Å². The van der Waals surface area contributed by atoms with E-state index in [-0.39, 0.29) is 17.4 Å². The van der Waals surface area contributed by atoms with E-state index in [1.807, 2.05) is 42.5 Å². The predicted octanol–water partition coefficient (Wildman–Crippen LogP) is 4.52. The summed E-state index contributed by atoms with van der Waals surface area (Å²) in [4.78, 5) is 28.2. The zero-order chi connectivity index (χ0) is 23.4. The van der Waals surface area contributed by atoms with Crippen LogP contribution in [-0.2, 0) is 15.1 Å². The molecule has 0 saturated heterocycles. The molecule has 0 spiro atoms. The largest absolute Gasteiger partial charge is 0.495 e. The topological polar surface area (TPSA) is 77.3 Å². The number of Topliss-reactive ketones (excluding diaryl/α,β-unsaturated/α-hetero) is 1. The van der Waals surface area contributed by atoms with Crippen LogP contribution in [0.1, 0.15) is 31.2 Å². The summed E-state index contributed by atoms with van der Waals surface area (Å²) >= 11 is 7.77. The smallest absolute Gasteiger partial charge is 0.233 e. The number of likely N-dealkylation sites (N-methyl/N-ethyl adjacent to an activating group) is 1. The molecule has 1 aliphatic rings. The van der Waals surface area contributed by atoms with Crippen LogP contribution in [0.4, 0.5) is 0 Å². The van der Waals surface area contributed by atoms with Crippen LogP contribution in [0.15, 0.2) is 60.0 Å². The van der Waals surface area contributed by atoms with Gasteiger partial charge in [-0.1, -0.05) is 53.7 Å². The highest BCUT2D eigenvalue weighted by Gasteiger charge is 2.47. The number of benzene rings is 2. The van der Waals surface area contributed by atoms with Crippen LogP contribution < -0.4 is 4.74 Å². The molecule has 0 aliphatic heterocycles. The van der Waals surface area contributed by atoms with Gasteiger partial charge in [-0.05, 0) is 37.5 Å². The summed E-state index contributed by atoms with van der Waals surface area (Å²) in [6.07, 6.45) is 4.25. The third kappa shape index (κ3) is 4.37. The van der Waals surface area contributed by atoms with Crippen molar-refractivity contribution < 1.29 is 14.3 Å². The standard InChI is InChI=1S/C24H25ClN4O3S/c1-28(24(14-8-7-13-21(24)30)17-9-3-4-10-18(17)25)22(31)15-33-23-27-26-16-29(23)19-11-5-6-12-20(19)32-2/h3-6,9-12,16H,7-8,13-15H2,1-2H3/t24-/m0/s1. The number of aromatic nitrogens is 3. The number of carbonyl (C=O) groups excluding carboxylic acids is 2. The molecular formula is C24H25ClN4O3S. The molecule has 0 unspecified atom stereocenters. The van der Waals surface area contributed by atoms with Crippen molar-refractivity contribution in [2.24, 2.45) is 0 Å². The normalized spacial score (nSPS) is 18.2. The van der Waals surface area contributed by atoms with Crippen LogP contribution in [0.2, 0.25) is 5.02 Å². The highest BCUT2D eigenvalue weighted by molar-refractivity contribution is 7.99. The second-order valence-electron chi connectivity index (χ2n) is 7.87. The van der Waals surface area contributed by atoms with E-state index in [2.05, 4.69) is 10.2 Å². The summed E-state index contributed by atoms with van der Waals surface area (Å²) in [6, 6.07) is 14.8. The van der Waals surface area contributed by atoms with Crippen molar-refractivity contribution in [3.8, 4) is 11.4 Å². The van der Waals surface area contributed by atoms with E-state index in [1.165, 1.54) is 11.8 Å². The first-order valence-corrected chi connectivity index (χ1v) is 12.1. The maximum atomic E-state index is 13.4. The van der Waals surface area contributed by atoms with Crippen LogP contribution in [-0.4, -0.2) is 51.3 Å². The predicted molar refractivity (Wildman–Crippen MR) is 128 cm³/mol. The molecule has 1 saturated carbocycles. The van der Waals surface area contributed by atoms with E-state index in [0.29, 0.717) is 34.3 Å². The van der Waals surface area contributed by atoms with Crippen molar-refractivity contribution in [2.45, 2.75) is 36.4 Å². The van der Waals surface area contributed by atoms with E-state index in [1.54, 1.807) is 36.0 Å². The Labute approximate surface area is 202 Å². The van der Waals surface area contributed by atoms with Crippen LogP contribution in [0, 0.1) is 0 Å². The molecule has 1 amide bonds. The number of hydrogen-bond donors (Lipinski definition) is 0. The maximum Gasteiger partial charge on any atom is 0.233 e. The second kappa shape index (κ2) is 9.97. The minimum atomic E-state index is -1.05. The Hall–Kier alpha value is -2.84. The average Bonchev–Trinajstić information content (AvgIpc) is 3.31. The summed E-state index contributed by atoms with van der Waals surface area (Å²) in [6.45, 7) is 0. The molecule has 1 aromatic heterocycles. The summed E-state index contributed by atoms with van der Waals surface area (Å²) < 4.78 is 7.23. The van der Waals surface area contributed by atoms with Gasteiger partial charge in [-0.15, -0.1) is 10.2 Å². The van der Waals surface area contributed by atoms with E-state index in [0.717, 1.165) is 18.5 Å². The van der Waals surface area contributed by atoms with Crippen molar-refractivity contribution in [2.75, 3.05) is 19.9 Å². The molecule has 2 aromatic carbocycles. The molecule has 4 rings (SSSR count). The molecule has 1 fully saturated rings. The van der Waals surface area contributed by atoms with Crippen molar-refractivity contribution in [1.82, 2.24) is 19.7 Å². The number of halogens is 1. The first kappa shape index (κ1) is 23.3.